The highest BCUT2D eigenvalue weighted by molar-refractivity contribution is 6.05. The zero-order valence-electron chi connectivity index (χ0n) is 69.8. The van der Waals surface area contributed by atoms with Crippen LogP contribution in [0.3, 0.4) is 0 Å². The van der Waals surface area contributed by atoms with Crippen LogP contribution in [-0.2, 0) is 47.9 Å². The average molecular weight is 1670 g/mol. The third kappa shape index (κ3) is 19.2. The summed E-state index contributed by atoms with van der Waals surface area (Å²) in [4.78, 5) is 197. The number of terminal acetylenes is 2. The zero-order chi connectivity index (χ0) is 86.9. The van der Waals surface area contributed by atoms with Crippen LogP contribution in [0.4, 0.5) is 0 Å². The highest BCUT2D eigenvalue weighted by Crippen LogP contribution is 2.65. The summed E-state index contributed by atoms with van der Waals surface area (Å²) < 4.78 is 0. The Hall–Kier alpha value is -12.9. The van der Waals surface area contributed by atoms with Gasteiger partial charge in [-0.25, -0.2) is 0 Å². The number of likely N-dealkylation sites (tertiary alicyclic amines) is 4. The second kappa shape index (κ2) is 38.1. The first kappa shape index (κ1) is 86.5. The fourth-order valence-corrected chi connectivity index (χ4v) is 19.1. The van der Waals surface area contributed by atoms with E-state index in [1.165, 1.54) is 0 Å². The van der Waals surface area contributed by atoms with Crippen LogP contribution in [0.15, 0.2) is 121 Å². The van der Waals surface area contributed by atoms with Crippen LogP contribution in [0.5, 0.6) is 0 Å². The highest BCUT2D eigenvalue weighted by atomic mass is 16.2. The number of nitrogens with zero attached hydrogens (tertiary/aromatic N) is 4. The Balaban J connectivity index is 0.000000134. The first-order valence-corrected chi connectivity index (χ1v) is 43.2. The summed E-state index contributed by atoms with van der Waals surface area (Å²) >= 11 is 0. The van der Waals surface area contributed by atoms with Crippen molar-refractivity contribution in [2.45, 2.75) is 179 Å². The molecule has 1 aliphatic carbocycles. The van der Waals surface area contributed by atoms with Crippen LogP contribution in [0.2, 0.25) is 0 Å². The topological polar surface area (TPSA) is 411 Å². The quantitative estimate of drug-likeness (QED) is 0.0275. The maximum Gasteiger partial charge on any atom is 0.271 e. The average Bonchev–Trinajstić information content (AvgIpc) is 1.52. The van der Waals surface area contributed by atoms with Crippen molar-refractivity contribution < 1.29 is 67.1 Å². The minimum Gasteiger partial charge on any atom is -0.356 e. The Morgan fingerprint density at radius 1 is 0.407 bits per heavy atom. The van der Waals surface area contributed by atoms with Gasteiger partial charge in [0, 0.05) is 132 Å². The summed E-state index contributed by atoms with van der Waals surface area (Å²) in [6.45, 7) is 12.3. The largest absolute Gasteiger partial charge is 0.356 e. The number of benzene rings is 4. The first-order chi connectivity index (χ1) is 59.3. The van der Waals surface area contributed by atoms with Gasteiger partial charge in [-0.15, -0.1) is 12.8 Å². The highest BCUT2D eigenvalue weighted by Gasteiger charge is 2.69. The van der Waals surface area contributed by atoms with Gasteiger partial charge in [0.15, 0.2) is 11.6 Å². The molecule has 8 aromatic rings. The van der Waals surface area contributed by atoms with E-state index >= 15 is 0 Å². The maximum atomic E-state index is 13.6. The predicted octanol–water partition coefficient (Wildman–Crippen LogP) is 6.85. The summed E-state index contributed by atoms with van der Waals surface area (Å²) in [7, 11) is 0. The number of carbonyl (C=O) groups excluding carboxylic acids is 14. The number of aromatic amines is 4. The van der Waals surface area contributed by atoms with Gasteiger partial charge < -0.3 is 82.1 Å². The van der Waals surface area contributed by atoms with Crippen LogP contribution >= 0.6 is 0 Å². The van der Waals surface area contributed by atoms with Crippen molar-refractivity contribution in [1.82, 2.24) is 82.1 Å². The molecule has 644 valence electrons. The number of piperidine rings is 1. The fraction of sp³-hybridized carbons (Fsp3) is 0.462. The van der Waals surface area contributed by atoms with E-state index in [2.05, 4.69) is 88.2 Å². The number of H-pyrrole nitrogens is 4. The molecule has 8 saturated heterocycles. The zero-order valence-corrected chi connectivity index (χ0v) is 69.8. The second-order valence-electron chi connectivity index (χ2n) is 34.2. The van der Waals surface area contributed by atoms with E-state index < -0.39 is 48.3 Å². The lowest BCUT2D eigenvalue weighted by molar-refractivity contribution is -0.132. The monoisotopic (exact) mass is 1670 g/mol. The molecular formula is C93H108N16O14. The van der Waals surface area contributed by atoms with Crippen molar-refractivity contribution in [2.75, 3.05) is 52.4 Å². The third-order valence-corrected chi connectivity index (χ3v) is 26.1. The molecule has 0 unspecified atom stereocenters. The van der Waals surface area contributed by atoms with Crippen molar-refractivity contribution in [3.63, 3.8) is 0 Å². The van der Waals surface area contributed by atoms with E-state index in [1.807, 2.05) is 115 Å². The van der Waals surface area contributed by atoms with Crippen LogP contribution in [0.25, 0.3) is 43.6 Å². The van der Waals surface area contributed by atoms with Gasteiger partial charge in [0.05, 0.1) is 24.2 Å². The number of para-hydroxylation sites is 4. The van der Waals surface area contributed by atoms with Gasteiger partial charge in [-0.1, -0.05) is 112 Å². The summed E-state index contributed by atoms with van der Waals surface area (Å²) in [5.41, 5.74) is 5.34. The molecule has 14 atom stereocenters. The molecule has 12 N–H and O–H groups in total. The minimum atomic E-state index is -0.725. The molecule has 0 radical (unpaired) electrons. The normalized spacial score (nSPS) is 23.7. The second-order valence-corrected chi connectivity index (χ2v) is 34.2. The number of hydrogen-bond donors (Lipinski definition) is 12. The molecule has 30 nitrogen and oxygen atoms in total. The van der Waals surface area contributed by atoms with Crippen molar-refractivity contribution in [2.24, 2.45) is 40.9 Å². The predicted molar refractivity (Wildman–Crippen MR) is 460 cm³/mol. The minimum absolute atomic E-state index is 0.0176. The van der Waals surface area contributed by atoms with Gasteiger partial charge in [-0.3, -0.25) is 67.1 Å². The Kier molecular flexibility index (Phi) is 26.8. The smallest absolute Gasteiger partial charge is 0.271 e. The Morgan fingerprint density at radius 2 is 0.699 bits per heavy atom. The molecule has 4 aromatic carbocycles. The van der Waals surface area contributed by atoms with Crippen molar-refractivity contribution in [1.29, 1.82) is 0 Å². The van der Waals surface area contributed by atoms with E-state index in [-0.39, 0.29) is 136 Å². The molecule has 9 fully saturated rings. The van der Waals surface area contributed by atoms with E-state index in [9.17, 15) is 67.1 Å². The Morgan fingerprint density at radius 3 is 0.992 bits per heavy atom. The molecule has 8 aliphatic heterocycles. The number of fused-ring (bicyclic) bond motifs is 5. The molecule has 4 aromatic heterocycles. The summed E-state index contributed by atoms with van der Waals surface area (Å²) in [5, 5.41) is 26.4. The van der Waals surface area contributed by atoms with Gasteiger partial charge in [-0.2, -0.15) is 0 Å². The van der Waals surface area contributed by atoms with Crippen LogP contribution in [0.1, 0.15) is 172 Å². The molecule has 0 spiro atoms. The number of aromatic nitrogens is 4. The SMILES string of the molecule is C#C[C@H](C[C@@H]1CCNC1=O)NC(=O)[C@@H]1CCCN1C(=O)c1cc2ccccc2[nH]1.C#C[C@H](C[C@@H]1CCNC1=O)NC(=O)[C@@H]1CCCN1C(=O)c1cc2ccccc2[nH]1.CCC(=O)[C@H](C[C@@H]1CCNC1=O)NC(=O)[C@@H]1CCCN1C(=O)c1cc2ccccc2[nH]1.CCC(=O)[C@H](C[C@@H]1CCNC1=O)NC(=O)[C@@H]1[C@@H]2[C@H](CN1C(=O)c1cc3ccccc3[nH]1)C2(C)C. The molecule has 0 bridgehead atoms. The number of rotatable bonds is 24. The molecule has 30 heteroatoms. The number of carbonyl (C=O) groups is 14. The fourth-order valence-electron chi connectivity index (χ4n) is 19.1. The van der Waals surface area contributed by atoms with Crippen LogP contribution in [-0.4, -0.2) is 223 Å². The van der Waals surface area contributed by atoms with Gasteiger partial charge >= 0.3 is 0 Å². The lowest BCUT2D eigenvalue weighted by Crippen LogP contribution is -2.54. The molecule has 17 rings (SSSR count). The van der Waals surface area contributed by atoms with Crippen LogP contribution < -0.4 is 42.5 Å². The maximum absolute atomic E-state index is 13.6. The van der Waals surface area contributed by atoms with Gasteiger partial charge in [0.2, 0.25) is 47.3 Å². The number of hydrogen-bond acceptors (Lipinski definition) is 14. The van der Waals surface area contributed by atoms with Crippen LogP contribution in [0, 0.1) is 65.6 Å². The molecule has 123 heavy (non-hydrogen) atoms. The lowest BCUT2D eigenvalue weighted by Gasteiger charge is -2.31. The Bertz CT molecular complexity index is 5200. The molecule has 1 saturated carbocycles. The van der Waals surface area contributed by atoms with Crippen molar-refractivity contribution in [3.05, 3.63) is 144 Å². The number of ketones is 2. The Labute approximate surface area is 712 Å². The molecule has 12 amide bonds. The molecule has 9 aliphatic rings. The van der Waals surface area contributed by atoms with Gasteiger partial charge in [0.25, 0.3) is 23.6 Å². The number of amides is 12. The van der Waals surface area contributed by atoms with Gasteiger partial charge in [0.1, 0.15) is 46.9 Å². The van der Waals surface area contributed by atoms with E-state index in [0.29, 0.717) is 133 Å². The molecular weight excluding hydrogens is 1570 g/mol. The van der Waals surface area contributed by atoms with Crippen molar-refractivity contribution in [3.8, 4) is 24.7 Å². The third-order valence-electron chi connectivity index (χ3n) is 26.1. The standard InChI is InChI=1S/C26H32N4O4.C23H28N4O4.2C22H24N4O3/c1-4-20(31)18(12-15-9-10-27-23(15)32)29-24(33)22-21-16(26(21,2)3)13-30(22)25(34)19-11-14-7-5-6-8-17(14)28-19;1-2-20(28)17(13-15-9-10-24-21(15)29)26-22(30)19-8-5-11-27(19)23(31)18-12-14-6-3-4-7-16(14)25-18;2*1-2-16(12-15-9-10-23-20(15)27)24-21(28)19-8-5-11-26(19)22(29)18-13-14-6-3-4-7-17(14)25-18/h5-8,11,15-16,18,21-22,28H,4,9-10,12-13H2,1-3H3,(H,27,32)(H,29,33);3-4,6-7,12,15,17,19,25H,2,5,8-11,13H2,1H3,(H,24,29)(H,26,30);2*1,3-4,6-7,13,15-16,19,25H,5,8-12H2,(H,23,27)(H,24,28)/t15-,16-,18-,21-,22-;15-,17-,19-;2*15-,16+,19-/m0000/s1. The number of Topliss-reactive ketones (excluding diaryl/α,β-unsaturated/α-hetero) is 2. The van der Waals surface area contributed by atoms with E-state index in [4.69, 9.17) is 12.8 Å². The van der Waals surface area contributed by atoms with E-state index in [0.717, 1.165) is 75.7 Å². The lowest BCUT2D eigenvalue weighted by atomic mass is 9.94. The van der Waals surface area contributed by atoms with E-state index in [1.54, 1.807) is 39.5 Å². The summed E-state index contributed by atoms with van der Waals surface area (Å²) in [6, 6.07) is 33.1. The summed E-state index contributed by atoms with van der Waals surface area (Å²) in [6.07, 6.45) is 19.9. The number of nitrogens with one attached hydrogen (secondary N) is 12. The molecule has 12 heterocycles. The summed E-state index contributed by atoms with van der Waals surface area (Å²) in [5.74, 6) is 2.25. The van der Waals surface area contributed by atoms with Gasteiger partial charge in [-0.05, 0) is 156 Å². The van der Waals surface area contributed by atoms with Crippen molar-refractivity contribution >= 4 is 126 Å². The first-order valence-electron chi connectivity index (χ1n) is 43.2.